The lowest BCUT2D eigenvalue weighted by molar-refractivity contribution is 0.242. The van der Waals surface area contributed by atoms with Crippen molar-refractivity contribution in [3.05, 3.63) is 18.2 Å². The summed E-state index contributed by atoms with van der Waals surface area (Å²) in [5, 5.41) is 3.52. The van der Waals surface area contributed by atoms with Crippen molar-refractivity contribution < 1.29 is 4.74 Å². The van der Waals surface area contributed by atoms with E-state index in [2.05, 4.69) is 26.1 Å². The minimum Gasteiger partial charge on any atom is -0.491 e. The summed E-state index contributed by atoms with van der Waals surface area (Å²) in [6, 6.07) is 6.29. The Kier molecular flexibility index (Phi) is 5.32. The molecule has 0 spiro atoms. The predicted octanol–water partition coefficient (Wildman–Crippen LogP) is 3.90. The Morgan fingerprint density at radius 1 is 1.17 bits per heavy atom. The molecule has 0 bridgehead atoms. The van der Waals surface area contributed by atoms with E-state index in [1.165, 1.54) is 0 Å². The van der Waals surface area contributed by atoms with Crippen LogP contribution in [0.25, 0.3) is 0 Å². The Morgan fingerprint density at radius 3 is 2.33 bits per heavy atom. The van der Waals surface area contributed by atoms with Gasteiger partial charge < -0.3 is 15.8 Å². The van der Waals surface area contributed by atoms with Gasteiger partial charge in [0, 0.05) is 29.5 Å². The van der Waals surface area contributed by atoms with Crippen molar-refractivity contribution in [3.63, 3.8) is 0 Å². The fourth-order valence-corrected chi connectivity index (χ4v) is 2.00. The first-order chi connectivity index (χ1) is 8.42. The number of nitrogens with one attached hydrogen (secondary N) is 1. The van der Waals surface area contributed by atoms with Gasteiger partial charge in [-0.1, -0.05) is 20.8 Å². The molecule has 0 fully saturated rings. The fourth-order valence-electron chi connectivity index (χ4n) is 2.00. The average Bonchev–Trinajstić information content (AvgIpc) is 2.23. The maximum absolute atomic E-state index is 5.91. The fraction of sp³-hybridized carbons (Fsp3) is 0.600. The van der Waals surface area contributed by atoms with Crippen LogP contribution < -0.4 is 15.8 Å². The molecule has 0 radical (unpaired) electrons. The summed E-state index contributed by atoms with van der Waals surface area (Å²) in [5.74, 6) is 1.41. The molecule has 1 aromatic rings. The molecule has 18 heavy (non-hydrogen) atoms. The van der Waals surface area contributed by atoms with Crippen molar-refractivity contribution in [2.45, 2.75) is 53.2 Å². The van der Waals surface area contributed by atoms with Gasteiger partial charge in [-0.15, -0.1) is 0 Å². The van der Waals surface area contributed by atoms with E-state index < -0.39 is 0 Å². The average molecular weight is 250 g/mol. The predicted molar refractivity (Wildman–Crippen MR) is 79.2 cm³/mol. The lowest BCUT2D eigenvalue weighted by Crippen LogP contribution is -2.24. The minimum atomic E-state index is 0.159. The molecule has 1 rings (SSSR count). The zero-order chi connectivity index (χ0) is 13.7. The van der Waals surface area contributed by atoms with Gasteiger partial charge in [0.25, 0.3) is 0 Å². The molecule has 3 heteroatoms. The number of benzene rings is 1. The highest BCUT2D eigenvalue weighted by atomic mass is 16.5. The van der Waals surface area contributed by atoms with Gasteiger partial charge in [-0.05, 0) is 32.3 Å². The maximum Gasteiger partial charge on any atom is 0.123 e. The molecule has 0 saturated carbocycles. The number of hydrogen-bond acceptors (Lipinski definition) is 3. The van der Waals surface area contributed by atoms with E-state index in [0.29, 0.717) is 12.0 Å². The van der Waals surface area contributed by atoms with Crippen molar-refractivity contribution >= 4 is 11.4 Å². The summed E-state index contributed by atoms with van der Waals surface area (Å²) >= 11 is 0. The lowest BCUT2D eigenvalue weighted by atomic mass is 10.0. The molecule has 0 aromatic heterocycles. The summed E-state index contributed by atoms with van der Waals surface area (Å²) < 4.78 is 5.69. The van der Waals surface area contributed by atoms with Gasteiger partial charge in [0.05, 0.1) is 6.10 Å². The Bertz CT molecular complexity index is 375. The molecule has 102 valence electrons. The number of nitrogens with two attached hydrogens (primary N) is 1. The van der Waals surface area contributed by atoms with Gasteiger partial charge in [-0.3, -0.25) is 0 Å². The molecule has 1 aromatic carbocycles. The Morgan fingerprint density at radius 2 is 1.83 bits per heavy atom. The third kappa shape index (κ3) is 4.47. The molecule has 0 aliphatic rings. The number of rotatable bonds is 6. The first-order valence-corrected chi connectivity index (χ1v) is 6.76. The normalized spacial score (nSPS) is 12.8. The van der Waals surface area contributed by atoms with E-state index >= 15 is 0 Å². The second-order valence-electron chi connectivity index (χ2n) is 5.36. The van der Waals surface area contributed by atoms with Gasteiger partial charge in [-0.25, -0.2) is 0 Å². The summed E-state index contributed by atoms with van der Waals surface area (Å²) in [6.45, 7) is 10.7. The molecule has 0 saturated heterocycles. The van der Waals surface area contributed by atoms with E-state index in [0.717, 1.165) is 23.5 Å². The van der Waals surface area contributed by atoms with Crippen LogP contribution in [0, 0.1) is 5.92 Å². The van der Waals surface area contributed by atoms with Crippen LogP contribution in [0.15, 0.2) is 18.2 Å². The highest BCUT2D eigenvalue weighted by Crippen LogP contribution is 2.25. The Labute approximate surface area is 111 Å². The standard InChI is InChI=1S/C15H26N2O/c1-6-15(10(2)3)17-13-7-12(16)8-14(9-13)18-11(4)5/h7-11,15,17H,6,16H2,1-5H3. The second-order valence-corrected chi connectivity index (χ2v) is 5.36. The van der Waals surface area contributed by atoms with Crippen LogP contribution in [-0.2, 0) is 0 Å². The van der Waals surface area contributed by atoms with E-state index in [4.69, 9.17) is 10.5 Å². The third-order valence-electron chi connectivity index (χ3n) is 2.90. The van der Waals surface area contributed by atoms with Crippen LogP contribution in [0.5, 0.6) is 5.75 Å². The molecule has 3 nitrogen and oxygen atoms in total. The third-order valence-corrected chi connectivity index (χ3v) is 2.90. The molecule has 0 amide bonds. The zero-order valence-electron chi connectivity index (χ0n) is 12.2. The van der Waals surface area contributed by atoms with Gasteiger partial charge in [0.2, 0.25) is 0 Å². The van der Waals surface area contributed by atoms with Gasteiger partial charge in [0.1, 0.15) is 5.75 Å². The van der Waals surface area contributed by atoms with E-state index in [1.807, 2.05) is 32.0 Å². The van der Waals surface area contributed by atoms with Crippen molar-refractivity contribution in [3.8, 4) is 5.75 Å². The molecule has 1 unspecified atom stereocenters. The van der Waals surface area contributed by atoms with E-state index in [9.17, 15) is 0 Å². The molecular weight excluding hydrogens is 224 g/mol. The largest absolute Gasteiger partial charge is 0.491 e. The Balaban J connectivity index is 2.85. The maximum atomic E-state index is 5.91. The van der Waals surface area contributed by atoms with Crippen molar-refractivity contribution in [1.82, 2.24) is 0 Å². The Hall–Kier alpha value is -1.38. The van der Waals surface area contributed by atoms with E-state index in [-0.39, 0.29) is 6.10 Å². The van der Waals surface area contributed by atoms with E-state index in [1.54, 1.807) is 0 Å². The molecular formula is C15H26N2O. The topological polar surface area (TPSA) is 47.3 Å². The molecule has 1 atom stereocenters. The summed E-state index contributed by atoms with van der Waals surface area (Å²) in [4.78, 5) is 0. The van der Waals surface area contributed by atoms with Gasteiger partial charge >= 0.3 is 0 Å². The number of anilines is 2. The van der Waals surface area contributed by atoms with Crippen LogP contribution in [-0.4, -0.2) is 12.1 Å². The first kappa shape index (κ1) is 14.7. The van der Waals surface area contributed by atoms with Crippen LogP contribution in [0.4, 0.5) is 11.4 Å². The van der Waals surface area contributed by atoms with Crippen LogP contribution in [0.3, 0.4) is 0 Å². The SMILES string of the molecule is CCC(Nc1cc(N)cc(OC(C)C)c1)C(C)C. The van der Waals surface area contributed by atoms with Crippen LogP contribution in [0.2, 0.25) is 0 Å². The second kappa shape index (κ2) is 6.53. The smallest absolute Gasteiger partial charge is 0.123 e. The molecule has 0 aliphatic heterocycles. The molecule has 0 aliphatic carbocycles. The van der Waals surface area contributed by atoms with Gasteiger partial charge in [0.15, 0.2) is 0 Å². The minimum absolute atomic E-state index is 0.159. The number of hydrogen-bond donors (Lipinski definition) is 2. The quantitative estimate of drug-likeness (QED) is 0.753. The van der Waals surface area contributed by atoms with Crippen molar-refractivity contribution in [1.29, 1.82) is 0 Å². The summed E-state index contributed by atoms with van der Waals surface area (Å²) in [5.41, 5.74) is 7.67. The molecule has 0 heterocycles. The van der Waals surface area contributed by atoms with Crippen molar-refractivity contribution in [2.75, 3.05) is 11.1 Å². The van der Waals surface area contributed by atoms with Crippen LogP contribution in [0.1, 0.15) is 41.0 Å². The summed E-state index contributed by atoms with van der Waals surface area (Å²) in [6.07, 6.45) is 1.25. The first-order valence-electron chi connectivity index (χ1n) is 6.76. The monoisotopic (exact) mass is 250 g/mol. The number of ether oxygens (including phenoxy) is 1. The summed E-state index contributed by atoms with van der Waals surface area (Å²) in [7, 11) is 0. The zero-order valence-corrected chi connectivity index (χ0v) is 12.2. The molecule has 3 N–H and O–H groups in total. The van der Waals surface area contributed by atoms with Crippen molar-refractivity contribution in [2.24, 2.45) is 5.92 Å². The highest BCUT2D eigenvalue weighted by molar-refractivity contribution is 5.59. The number of nitrogen functional groups attached to an aromatic ring is 1. The highest BCUT2D eigenvalue weighted by Gasteiger charge is 2.11. The lowest BCUT2D eigenvalue weighted by Gasteiger charge is -2.23. The van der Waals surface area contributed by atoms with Gasteiger partial charge in [-0.2, -0.15) is 0 Å². The van der Waals surface area contributed by atoms with Crippen LogP contribution >= 0.6 is 0 Å².